The van der Waals surface area contributed by atoms with Crippen molar-refractivity contribution >= 4 is 0 Å². The minimum atomic E-state index is 0.237. The third-order valence-electron chi connectivity index (χ3n) is 3.37. The zero-order valence-corrected chi connectivity index (χ0v) is 11.9. The molecule has 3 rings (SSSR count). The average Bonchev–Trinajstić information content (AvgIpc) is 3.19. The molecule has 7 heteroatoms. The molecular weight excluding hydrogens is 272 g/mol. The maximum atomic E-state index is 5.57. The van der Waals surface area contributed by atoms with Crippen molar-refractivity contribution < 1.29 is 14.0 Å². The predicted octanol–water partition coefficient (Wildman–Crippen LogP) is 1.58. The Hall–Kier alpha value is -1.99. The lowest BCUT2D eigenvalue weighted by Gasteiger charge is -2.06. The number of aromatic nitrogens is 3. The Bertz CT molecular complexity index is 581. The highest BCUT2D eigenvalue weighted by Gasteiger charge is 2.22. The highest BCUT2D eigenvalue weighted by Crippen LogP contribution is 2.29. The molecule has 1 saturated heterocycles. The first kappa shape index (κ1) is 14.0. The van der Waals surface area contributed by atoms with Gasteiger partial charge in [-0.2, -0.15) is 0 Å². The number of methoxy groups -OCH3 is 1. The normalized spacial score (nSPS) is 18.0. The van der Waals surface area contributed by atoms with E-state index in [1.165, 1.54) is 0 Å². The quantitative estimate of drug-likeness (QED) is 0.809. The van der Waals surface area contributed by atoms with Gasteiger partial charge in [-0.15, -0.1) is 0 Å². The fourth-order valence-corrected chi connectivity index (χ4v) is 2.32. The van der Waals surface area contributed by atoms with E-state index < -0.39 is 0 Å². The van der Waals surface area contributed by atoms with Crippen molar-refractivity contribution in [3.63, 3.8) is 0 Å². The minimum Gasteiger partial charge on any atom is -0.474 e. The fraction of sp³-hybridized carbons (Fsp3) is 0.500. The summed E-state index contributed by atoms with van der Waals surface area (Å²) in [7, 11) is 1.62. The minimum absolute atomic E-state index is 0.237. The van der Waals surface area contributed by atoms with Crippen LogP contribution in [0.25, 0.3) is 11.4 Å². The van der Waals surface area contributed by atoms with Crippen LogP contribution in [0, 0.1) is 0 Å². The zero-order chi connectivity index (χ0) is 14.5. The van der Waals surface area contributed by atoms with Crippen LogP contribution in [0.3, 0.4) is 0 Å². The van der Waals surface area contributed by atoms with E-state index in [-0.39, 0.29) is 6.04 Å². The highest BCUT2D eigenvalue weighted by atomic mass is 16.5. The summed E-state index contributed by atoms with van der Waals surface area (Å²) >= 11 is 0. The average molecular weight is 290 g/mol. The molecule has 0 aliphatic carbocycles. The Balaban J connectivity index is 1.79. The van der Waals surface area contributed by atoms with Crippen LogP contribution >= 0.6 is 0 Å². The molecule has 1 atom stereocenters. The Morgan fingerprint density at radius 1 is 1.33 bits per heavy atom. The molecule has 112 valence electrons. The number of nitrogens with one attached hydrogen (secondary N) is 1. The lowest BCUT2D eigenvalue weighted by molar-refractivity contribution is 0.144. The summed E-state index contributed by atoms with van der Waals surface area (Å²) in [6.45, 7) is 1.92. The van der Waals surface area contributed by atoms with E-state index in [4.69, 9.17) is 14.0 Å². The highest BCUT2D eigenvalue weighted by molar-refractivity contribution is 5.59. The van der Waals surface area contributed by atoms with Gasteiger partial charge in [-0.1, -0.05) is 5.16 Å². The van der Waals surface area contributed by atoms with Gasteiger partial charge in [0.1, 0.15) is 12.3 Å². The van der Waals surface area contributed by atoms with Crippen molar-refractivity contribution in [1.82, 2.24) is 20.4 Å². The van der Waals surface area contributed by atoms with Crippen LogP contribution in [0.2, 0.25) is 0 Å². The predicted molar refractivity (Wildman–Crippen MR) is 74.9 cm³/mol. The van der Waals surface area contributed by atoms with E-state index in [9.17, 15) is 0 Å². The molecular formula is C14H18N4O3. The van der Waals surface area contributed by atoms with E-state index in [0.717, 1.165) is 25.1 Å². The number of nitrogens with zero attached hydrogens (tertiary/aromatic N) is 3. The second-order valence-corrected chi connectivity index (χ2v) is 4.81. The van der Waals surface area contributed by atoms with Gasteiger partial charge in [0, 0.05) is 25.6 Å². The van der Waals surface area contributed by atoms with Gasteiger partial charge in [0.05, 0.1) is 12.6 Å². The van der Waals surface area contributed by atoms with Crippen molar-refractivity contribution in [2.75, 3.05) is 26.9 Å². The van der Waals surface area contributed by atoms with Crippen LogP contribution in [-0.4, -0.2) is 42.0 Å². The first-order valence-electron chi connectivity index (χ1n) is 7.01. The molecule has 2 aromatic rings. The summed E-state index contributed by atoms with van der Waals surface area (Å²) < 4.78 is 16.0. The zero-order valence-electron chi connectivity index (χ0n) is 11.9. The molecule has 0 spiro atoms. The Morgan fingerprint density at radius 3 is 3.05 bits per heavy atom. The summed E-state index contributed by atoms with van der Waals surface area (Å²) in [5, 5.41) is 7.47. The Kier molecular flexibility index (Phi) is 4.42. The second kappa shape index (κ2) is 6.64. The van der Waals surface area contributed by atoms with Crippen LogP contribution in [0.1, 0.15) is 24.6 Å². The standard InChI is InChI=1S/C14H18N4O3/c1-19-7-8-20-14-13(16-5-6-17-14)11-9-12(21-18-11)10-3-2-4-15-10/h5-6,9-10,15H,2-4,7-8H2,1H3. The van der Waals surface area contributed by atoms with Gasteiger partial charge in [-0.25, -0.2) is 9.97 Å². The van der Waals surface area contributed by atoms with E-state index in [1.807, 2.05) is 6.07 Å². The first-order chi connectivity index (χ1) is 10.4. The molecule has 1 N–H and O–H groups in total. The van der Waals surface area contributed by atoms with Crippen LogP contribution < -0.4 is 10.1 Å². The molecule has 0 saturated carbocycles. The Morgan fingerprint density at radius 2 is 2.24 bits per heavy atom. The largest absolute Gasteiger partial charge is 0.474 e. The van der Waals surface area contributed by atoms with E-state index >= 15 is 0 Å². The van der Waals surface area contributed by atoms with Gasteiger partial charge in [-0.3, -0.25) is 0 Å². The molecule has 1 fully saturated rings. The topological polar surface area (TPSA) is 82.3 Å². The number of rotatable bonds is 6. The molecule has 1 aliphatic heterocycles. The molecule has 3 heterocycles. The molecule has 2 aromatic heterocycles. The van der Waals surface area contributed by atoms with Crippen LogP contribution in [0.5, 0.6) is 5.88 Å². The van der Waals surface area contributed by atoms with Gasteiger partial charge in [0.25, 0.3) is 0 Å². The van der Waals surface area contributed by atoms with Crippen molar-refractivity contribution in [3.05, 3.63) is 24.2 Å². The lowest BCUT2D eigenvalue weighted by Crippen LogP contribution is -2.11. The maximum absolute atomic E-state index is 5.57. The van der Waals surface area contributed by atoms with Gasteiger partial charge >= 0.3 is 0 Å². The summed E-state index contributed by atoms with van der Waals surface area (Å²) in [6, 6.07) is 2.14. The lowest BCUT2D eigenvalue weighted by atomic mass is 10.1. The molecule has 1 unspecified atom stereocenters. The van der Waals surface area contributed by atoms with Crippen LogP contribution in [0.4, 0.5) is 0 Å². The summed E-state index contributed by atoms with van der Waals surface area (Å²) in [4.78, 5) is 8.49. The van der Waals surface area contributed by atoms with Gasteiger partial charge in [0.2, 0.25) is 5.88 Å². The molecule has 0 amide bonds. The van der Waals surface area contributed by atoms with Gasteiger partial charge in [0.15, 0.2) is 11.5 Å². The van der Waals surface area contributed by atoms with Crippen molar-refractivity contribution in [2.45, 2.75) is 18.9 Å². The molecule has 7 nitrogen and oxygen atoms in total. The number of ether oxygens (including phenoxy) is 2. The van der Waals surface area contributed by atoms with E-state index in [0.29, 0.717) is 30.5 Å². The monoisotopic (exact) mass is 290 g/mol. The van der Waals surface area contributed by atoms with E-state index in [2.05, 4.69) is 20.4 Å². The van der Waals surface area contributed by atoms with E-state index in [1.54, 1.807) is 19.5 Å². The molecule has 0 aromatic carbocycles. The summed E-state index contributed by atoms with van der Waals surface area (Å²) in [6.07, 6.45) is 5.41. The SMILES string of the molecule is COCCOc1nccnc1-c1cc(C2CCCN2)on1. The molecule has 21 heavy (non-hydrogen) atoms. The van der Waals surface area contributed by atoms with Crippen LogP contribution in [0.15, 0.2) is 23.0 Å². The van der Waals surface area contributed by atoms with Crippen molar-refractivity contribution in [3.8, 4) is 17.3 Å². The second-order valence-electron chi connectivity index (χ2n) is 4.81. The summed E-state index contributed by atoms with van der Waals surface area (Å²) in [5.41, 5.74) is 1.22. The molecule has 0 radical (unpaired) electrons. The third-order valence-corrected chi connectivity index (χ3v) is 3.37. The number of hydrogen-bond donors (Lipinski definition) is 1. The summed E-state index contributed by atoms with van der Waals surface area (Å²) in [5.74, 6) is 1.27. The van der Waals surface area contributed by atoms with Crippen molar-refractivity contribution in [1.29, 1.82) is 0 Å². The fourth-order valence-electron chi connectivity index (χ4n) is 2.32. The third kappa shape index (κ3) is 3.20. The smallest absolute Gasteiger partial charge is 0.242 e. The number of hydrogen-bond acceptors (Lipinski definition) is 7. The van der Waals surface area contributed by atoms with Crippen LogP contribution in [-0.2, 0) is 4.74 Å². The van der Waals surface area contributed by atoms with Gasteiger partial charge in [-0.05, 0) is 19.4 Å². The maximum Gasteiger partial charge on any atom is 0.242 e. The van der Waals surface area contributed by atoms with Gasteiger partial charge < -0.3 is 19.3 Å². The Labute approximate surface area is 122 Å². The van der Waals surface area contributed by atoms with Crippen molar-refractivity contribution in [2.24, 2.45) is 0 Å². The first-order valence-corrected chi connectivity index (χ1v) is 7.01. The molecule has 0 bridgehead atoms. The molecule has 1 aliphatic rings.